The van der Waals surface area contributed by atoms with E-state index in [0.29, 0.717) is 49.8 Å². The van der Waals surface area contributed by atoms with Gasteiger partial charge in [0.1, 0.15) is 17.1 Å². The molecule has 0 spiro atoms. The topological polar surface area (TPSA) is 66.2 Å². The Morgan fingerprint density at radius 2 is 1.68 bits per heavy atom. The van der Waals surface area contributed by atoms with Crippen molar-refractivity contribution in [1.29, 1.82) is 0 Å². The molecule has 6 nitrogen and oxygen atoms in total. The van der Waals surface area contributed by atoms with Crippen molar-refractivity contribution in [3.05, 3.63) is 53.6 Å². The van der Waals surface area contributed by atoms with Gasteiger partial charge in [0.25, 0.3) is 5.91 Å². The second-order valence-corrected chi connectivity index (χ2v) is 8.35. The Bertz CT molecular complexity index is 1060. The van der Waals surface area contributed by atoms with E-state index in [1.807, 2.05) is 35.2 Å². The van der Waals surface area contributed by atoms with Gasteiger partial charge in [-0.15, -0.1) is 0 Å². The fourth-order valence-electron chi connectivity index (χ4n) is 4.67. The minimum Gasteiger partial charge on any atom is -0.508 e. The fourth-order valence-corrected chi connectivity index (χ4v) is 4.67. The third kappa shape index (κ3) is 3.93. The smallest absolute Gasteiger partial charge is 0.258 e. The summed E-state index contributed by atoms with van der Waals surface area (Å²) in [6, 6.07) is 13.2. The quantitative estimate of drug-likeness (QED) is 0.683. The number of hydrogen-bond donors (Lipinski definition) is 1. The molecule has 2 fully saturated rings. The lowest BCUT2D eigenvalue weighted by atomic mass is 9.98. The summed E-state index contributed by atoms with van der Waals surface area (Å²) in [6.45, 7) is 4.81. The van der Waals surface area contributed by atoms with Gasteiger partial charge in [-0.25, -0.2) is 0 Å². The minimum atomic E-state index is -0.0635. The van der Waals surface area contributed by atoms with Crippen molar-refractivity contribution in [3.8, 4) is 17.1 Å². The number of aromatic hydroxyl groups is 1. The molecule has 1 N–H and O–H groups in total. The molecule has 0 unspecified atom stereocenters. The predicted octanol–water partition coefficient (Wildman–Crippen LogP) is 4.26. The molecule has 0 aliphatic carbocycles. The highest BCUT2D eigenvalue weighted by Crippen LogP contribution is 2.40. The van der Waals surface area contributed by atoms with Gasteiger partial charge in [0.15, 0.2) is 0 Å². The zero-order chi connectivity index (χ0) is 21.2. The van der Waals surface area contributed by atoms with Crippen LogP contribution in [0.2, 0.25) is 0 Å². The lowest BCUT2D eigenvalue weighted by Gasteiger charge is -2.28. The van der Waals surface area contributed by atoms with Crippen LogP contribution in [-0.4, -0.2) is 60.2 Å². The third-order valence-electron chi connectivity index (χ3n) is 6.32. The molecule has 0 bridgehead atoms. The molecule has 3 heterocycles. The number of rotatable bonds is 4. The molecule has 5 rings (SSSR count). The van der Waals surface area contributed by atoms with E-state index in [4.69, 9.17) is 9.15 Å². The summed E-state index contributed by atoms with van der Waals surface area (Å²) < 4.78 is 11.7. The second kappa shape index (κ2) is 8.73. The maximum Gasteiger partial charge on any atom is 0.258 e. The molecule has 0 radical (unpaired) electrons. The standard InChI is InChI=1S/C25H28N2O4/c28-20-9-10-21-22(19(20)17-26-11-5-2-6-12-26)23(25(29)27-13-15-30-16-14-27)24(31-21)18-7-3-1-4-8-18/h1,3-4,7-10,28H,2,5-6,11-17H2. The first-order valence-electron chi connectivity index (χ1n) is 11.1. The van der Waals surface area contributed by atoms with Crippen LogP contribution in [0.15, 0.2) is 46.9 Å². The number of benzene rings is 2. The number of likely N-dealkylation sites (tertiary alicyclic amines) is 1. The van der Waals surface area contributed by atoms with Gasteiger partial charge >= 0.3 is 0 Å². The SMILES string of the molecule is O=C(c1c(-c2ccccc2)oc2ccc(O)c(CN3CCCCC3)c12)N1CCOCC1. The Morgan fingerprint density at radius 1 is 0.935 bits per heavy atom. The van der Waals surface area contributed by atoms with Gasteiger partial charge in [0.2, 0.25) is 0 Å². The first-order chi connectivity index (χ1) is 15.2. The van der Waals surface area contributed by atoms with Crippen molar-refractivity contribution in [2.45, 2.75) is 25.8 Å². The highest BCUT2D eigenvalue weighted by Gasteiger charge is 2.30. The molecule has 1 amide bonds. The van der Waals surface area contributed by atoms with E-state index in [1.54, 1.807) is 12.1 Å². The van der Waals surface area contributed by atoms with Crippen LogP contribution in [0.1, 0.15) is 35.2 Å². The second-order valence-electron chi connectivity index (χ2n) is 8.35. The highest BCUT2D eigenvalue weighted by atomic mass is 16.5. The Morgan fingerprint density at radius 3 is 2.42 bits per heavy atom. The van der Waals surface area contributed by atoms with E-state index >= 15 is 0 Å². The average molecular weight is 421 g/mol. The maximum atomic E-state index is 13.7. The van der Waals surface area contributed by atoms with Crippen LogP contribution < -0.4 is 0 Å². The summed E-state index contributed by atoms with van der Waals surface area (Å²) in [4.78, 5) is 17.9. The Labute approximate surface area is 182 Å². The number of furan rings is 1. The molecule has 162 valence electrons. The molecule has 6 heteroatoms. The third-order valence-corrected chi connectivity index (χ3v) is 6.32. The van der Waals surface area contributed by atoms with Crippen molar-refractivity contribution in [2.24, 2.45) is 0 Å². The summed E-state index contributed by atoms with van der Waals surface area (Å²) in [7, 11) is 0. The number of ether oxygens (including phenoxy) is 1. The van der Waals surface area contributed by atoms with E-state index in [2.05, 4.69) is 4.90 Å². The zero-order valence-electron chi connectivity index (χ0n) is 17.7. The molecule has 3 aromatic rings. The van der Waals surface area contributed by atoms with Crippen LogP contribution in [0.3, 0.4) is 0 Å². The van der Waals surface area contributed by atoms with Crippen molar-refractivity contribution >= 4 is 16.9 Å². The fraction of sp³-hybridized carbons (Fsp3) is 0.400. The van der Waals surface area contributed by atoms with Crippen LogP contribution >= 0.6 is 0 Å². The van der Waals surface area contributed by atoms with E-state index in [-0.39, 0.29) is 11.7 Å². The van der Waals surface area contributed by atoms with Crippen LogP contribution in [-0.2, 0) is 11.3 Å². The highest BCUT2D eigenvalue weighted by molar-refractivity contribution is 6.12. The van der Waals surface area contributed by atoms with Gasteiger partial charge < -0.3 is 19.2 Å². The number of carbonyl (C=O) groups excluding carboxylic acids is 1. The number of nitrogens with zero attached hydrogens (tertiary/aromatic N) is 2. The average Bonchev–Trinajstić information content (AvgIpc) is 3.22. The van der Waals surface area contributed by atoms with Gasteiger partial charge in [-0.2, -0.15) is 0 Å². The zero-order valence-corrected chi connectivity index (χ0v) is 17.7. The van der Waals surface area contributed by atoms with E-state index < -0.39 is 0 Å². The number of fused-ring (bicyclic) bond motifs is 1. The van der Waals surface area contributed by atoms with Crippen molar-refractivity contribution < 1.29 is 19.1 Å². The largest absolute Gasteiger partial charge is 0.508 e. The molecule has 2 aliphatic rings. The first kappa shape index (κ1) is 20.1. The van der Waals surface area contributed by atoms with Crippen LogP contribution in [0.5, 0.6) is 5.75 Å². The number of phenolic OH excluding ortho intramolecular Hbond substituents is 1. The number of carbonyl (C=O) groups is 1. The van der Waals surface area contributed by atoms with Crippen LogP contribution in [0.4, 0.5) is 0 Å². The molecular formula is C25H28N2O4. The normalized spacial score (nSPS) is 17.9. The van der Waals surface area contributed by atoms with Gasteiger partial charge in [-0.3, -0.25) is 9.69 Å². The molecule has 2 saturated heterocycles. The molecule has 1 aromatic heterocycles. The van der Waals surface area contributed by atoms with Crippen molar-refractivity contribution in [2.75, 3.05) is 39.4 Å². The van der Waals surface area contributed by atoms with Crippen molar-refractivity contribution in [1.82, 2.24) is 9.80 Å². The Hall–Kier alpha value is -2.83. The summed E-state index contributed by atoms with van der Waals surface area (Å²) in [5.74, 6) is 0.721. The number of phenols is 1. The summed E-state index contributed by atoms with van der Waals surface area (Å²) >= 11 is 0. The summed E-state index contributed by atoms with van der Waals surface area (Å²) in [6.07, 6.45) is 3.57. The Balaban J connectivity index is 1.67. The molecule has 2 aliphatic heterocycles. The Kier molecular flexibility index (Phi) is 5.66. The number of hydrogen-bond acceptors (Lipinski definition) is 5. The lowest BCUT2D eigenvalue weighted by Crippen LogP contribution is -2.40. The van der Waals surface area contributed by atoms with Gasteiger partial charge in [0.05, 0.1) is 18.8 Å². The van der Waals surface area contributed by atoms with Gasteiger partial charge in [-0.05, 0) is 38.1 Å². The monoisotopic (exact) mass is 420 g/mol. The maximum absolute atomic E-state index is 13.7. The number of amides is 1. The predicted molar refractivity (Wildman–Crippen MR) is 119 cm³/mol. The summed E-state index contributed by atoms with van der Waals surface area (Å²) in [5.41, 5.74) is 2.83. The van der Waals surface area contributed by atoms with Gasteiger partial charge in [0, 0.05) is 36.1 Å². The minimum absolute atomic E-state index is 0.0635. The van der Waals surface area contributed by atoms with Crippen LogP contribution in [0, 0.1) is 0 Å². The molecule has 0 saturated carbocycles. The first-order valence-corrected chi connectivity index (χ1v) is 11.1. The molecule has 2 aromatic carbocycles. The molecule has 0 atom stereocenters. The van der Waals surface area contributed by atoms with Gasteiger partial charge in [-0.1, -0.05) is 36.8 Å². The van der Waals surface area contributed by atoms with E-state index in [0.717, 1.165) is 42.4 Å². The van der Waals surface area contributed by atoms with Crippen molar-refractivity contribution in [3.63, 3.8) is 0 Å². The van der Waals surface area contributed by atoms with Crippen LogP contribution in [0.25, 0.3) is 22.3 Å². The van der Waals surface area contributed by atoms with E-state index in [9.17, 15) is 9.90 Å². The van der Waals surface area contributed by atoms with E-state index in [1.165, 1.54) is 6.42 Å². The summed E-state index contributed by atoms with van der Waals surface area (Å²) in [5, 5.41) is 11.6. The lowest BCUT2D eigenvalue weighted by molar-refractivity contribution is 0.0304. The molecular weight excluding hydrogens is 392 g/mol. The number of piperidine rings is 1. The molecule has 31 heavy (non-hydrogen) atoms. The number of morpholine rings is 1.